The van der Waals surface area contributed by atoms with Crippen LogP contribution in [0.4, 0.5) is 13.2 Å². The van der Waals surface area contributed by atoms with E-state index >= 15 is 0 Å². The first kappa shape index (κ1) is 24.0. The third kappa shape index (κ3) is 4.47. The molecular formula is C26H25F3N6O. The van der Waals surface area contributed by atoms with E-state index in [1.54, 1.807) is 19.2 Å². The highest BCUT2D eigenvalue weighted by Crippen LogP contribution is 2.41. The van der Waals surface area contributed by atoms with Crippen molar-refractivity contribution in [1.29, 1.82) is 0 Å². The molecule has 4 aromatic heterocycles. The van der Waals surface area contributed by atoms with Crippen LogP contribution in [0.3, 0.4) is 0 Å². The molecule has 0 aromatic carbocycles. The minimum atomic E-state index is -2.82. The maximum Gasteiger partial charge on any atom is 0.282 e. The quantitative estimate of drug-likeness (QED) is 0.356. The highest BCUT2D eigenvalue weighted by molar-refractivity contribution is 5.71. The number of nitrogens with zero attached hydrogens (tertiary/aromatic N) is 6. The van der Waals surface area contributed by atoms with Gasteiger partial charge in [-0.1, -0.05) is 0 Å². The van der Waals surface area contributed by atoms with Crippen LogP contribution in [0.5, 0.6) is 0 Å². The fourth-order valence-electron chi connectivity index (χ4n) is 5.23. The van der Waals surface area contributed by atoms with E-state index in [9.17, 15) is 18.0 Å². The number of aromatic nitrogens is 6. The Morgan fingerprint density at radius 3 is 2.44 bits per heavy atom. The van der Waals surface area contributed by atoms with Gasteiger partial charge in [0.15, 0.2) is 5.65 Å². The van der Waals surface area contributed by atoms with Gasteiger partial charge in [0.2, 0.25) is 5.95 Å². The van der Waals surface area contributed by atoms with Crippen molar-refractivity contribution in [2.75, 3.05) is 0 Å². The van der Waals surface area contributed by atoms with Crippen molar-refractivity contribution in [2.45, 2.75) is 64.3 Å². The smallest absolute Gasteiger partial charge is 0.282 e. The lowest BCUT2D eigenvalue weighted by atomic mass is 9.75. The number of fused-ring (bicyclic) bond motifs is 1. The molecule has 10 heteroatoms. The second kappa shape index (κ2) is 9.75. The number of rotatable bonds is 5. The lowest BCUT2D eigenvalue weighted by Gasteiger charge is -2.30. The molecule has 4 heterocycles. The average molecular weight is 495 g/mol. The number of pyridine rings is 2. The molecule has 0 atom stereocenters. The van der Waals surface area contributed by atoms with Crippen molar-refractivity contribution >= 4 is 11.2 Å². The third-order valence-corrected chi connectivity index (χ3v) is 7.00. The standard InChI is InChI=1S/C26H25F3N6O/c1-14-7-8-32-24(29)21(14)17-5-3-16(4-6-17)18-11-19-25(34-15(2)12-33-19)35(26(18)36)13-20-22(23(27)28)31-10-9-30-20/h7-12,16-17,23H,3-6,13H2,1-2H3/t16-,17-. The second-order valence-electron chi connectivity index (χ2n) is 9.28. The van der Waals surface area contributed by atoms with Gasteiger partial charge in [-0.3, -0.25) is 24.3 Å². The van der Waals surface area contributed by atoms with Gasteiger partial charge in [-0.15, -0.1) is 0 Å². The molecule has 0 N–H and O–H groups in total. The van der Waals surface area contributed by atoms with Crippen LogP contribution in [0.15, 0.2) is 41.7 Å². The molecule has 0 aliphatic heterocycles. The van der Waals surface area contributed by atoms with E-state index in [0.717, 1.165) is 5.56 Å². The van der Waals surface area contributed by atoms with Crippen LogP contribution >= 0.6 is 0 Å². The van der Waals surface area contributed by atoms with Crippen LogP contribution in [0.25, 0.3) is 11.2 Å². The van der Waals surface area contributed by atoms with Crippen LogP contribution in [0.2, 0.25) is 0 Å². The van der Waals surface area contributed by atoms with Crippen LogP contribution in [-0.4, -0.2) is 29.5 Å². The fourth-order valence-corrected chi connectivity index (χ4v) is 5.23. The second-order valence-corrected chi connectivity index (χ2v) is 9.28. The Morgan fingerprint density at radius 2 is 1.72 bits per heavy atom. The van der Waals surface area contributed by atoms with Gasteiger partial charge < -0.3 is 0 Å². The van der Waals surface area contributed by atoms with Crippen molar-refractivity contribution in [3.05, 3.63) is 87.0 Å². The number of halogens is 3. The summed E-state index contributed by atoms with van der Waals surface area (Å²) in [6, 6.07) is 3.57. The van der Waals surface area contributed by atoms with E-state index in [4.69, 9.17) is 0 Å². The molecule has 186 valence electrons. The maximum absolute atomic E-state index is 14.4. The Morgan fingerprint density at radius 1 is 1.00 bits per heavy atom. The summed E-state index contributed by atoms with van der Waals surface area (Å²) >= 11 is 0. The van der Waals surface area contributed by atoms with Crippen molar-refractivity contribution in [1.82, 2.24) is 29.5 Å². The number of alkyl halides is 2. The number of hydrogen-bond acceptors (Lipinski definition) is 6. The largest absolute Gasteiger partial charge is 0.285 e. The molecule has 0 spiro atoms. The summed E-state index contributed by atoms with van der Waals surface area (Å²) in [5.41, 5.74) is 2.76. The summed E-state index contributed by atoms with van der Waals surface area (Å²) in [7, 11) is 0. The fraction of sp³-hybridized carbons (Fsp3) is 0.385. The van der Waals surface area contributed by atoms with Crippen LogP contribution in [-0.2, 0) is 6.54 Å². The summed E-state index contributed by atoms with van der Waals surface area (Å²) in [5, 5.41) is 0. The molecule has 0 saturated heterocycles. The average Bonchev–Trinajstić information content (AvgIpc) is 2.86. The molecule has 0 amide bonds. The normalized spacial score (nSPS) is 18.2. The number of hydrogen-bond donors (Lipinski definition) is 0. The molecule has 4 aromatic rings. The predicted molar refractivity (Wildman–Crippen MR) is 128 cm³/mol. The predicted octanol–water partition coefficient (Wildman–Crippen LogP) is 5.16. The summed E-state index contributed by atoms with van der Waals surface area (Å²) in [4.78, 5) is 34.3. The van der Waals surface area contributed by atoms with Gasteiger partial charge in [-0.2, -0.15) is 4.39 Å². The Bertz CT molecular complexity index is 1460. The van der Waals surface area contributed by atoms with E-state index < -0.39 is 18.1 Å². The zero-order valence-electron chi connectivity index (χ0n) is 20.0. The SMILES string of the molecule is Cc1cnc2cc([C@H]3CC[C@H](c4c(C)ccnc4F)CC3)c(=O)n(Cc3nccnc3C(F)F)c2n1. The minimum absolute atomic E-state index is 0.0163. The monoisotopic (exact) mass is 494 g/mol. The molecule has 1 aliphatic rings. The van der Waals surface area contributed by atoms with Crippen LogP contribution < -0.4 is 5.56 Å². The van der Waals surface area contributed by atoms with Gasteiger partial charge >= 0.3 is 0 Å². The Hall–Kier alpha value is -3.69. The molecular weight excluding hydrogens is 469 g/mol. The number of aryl methyl sites for hydroxylation is 2. The van der Waals surface area contributed by atoms with Gasteiger partial charge in [0.25, 0.3) is 12.0 Å². The minimum Gasteiger partial charge on any atom is -0.285 e. The first-order valence-corrected chi connectivity index (χ1v) is 11.9. The Balaban J connectivity index is 1.52. The van der Waals surface area contributed by atoms with E-state index in [0.29, 0.717) is 53.7 Å². The Kier molecular flexibility index (Phi) is 6.51. The van der Waals surface area contributed by atoms with Gasteiger partial charge in [0, 0.05) is 35.9 Å². The van der Waals surface area contributed by atoms with Crippen molar-refractivity contribution in [2.24, 2.45) is 0 Å². The van der Waals surface area contributed by atoms with Crippen LogP contribution in [0.1, 0.15) is 77.7 Å². The van der Waals surface area contributed by atoms with Crippen LogP contribution in [0, 0.1) is 19.8 Å². The van der Waals surface area contributed by atoms with Crippen molar-refractivity contribution in [3.8, 4) is 0 Å². The highest BCUT2D eigenvalue weighted by Gasteiger charge is 2.29. The molecule has 1 aliphatic carbocycles. The van der Waals surface area contributed by atoms with Gasteiger partial charge in [0.1, 0.15) is 11.2 Å². The van der Waals surface area contributed by atoms with Crippen molar-refractivity contribution < 1.29 is 13.2 Å². The zero-order chi connectivity index (χ0) is 25.4. The zero-order valence-corrected chi connectivity index (χ0v) is 20.0. The van der Waals surface area contributed by atoms with E-state index in [1.165, 1.54) is 23.2 Å². The summed E-state index contributed by atoms with van der Waals surface area (Å²) in [5.74, 6) is -0.465. The van der Waals surface area contributed by atoms with Gasteiger partial charge in [-0.05, 0) is 69.1 Å². The van der Waals surface area contributed by atoms with E-state index in [1.807, 2.05) is 13.0 Å². The third-order valence-electron chi connectivity index (χ3n) is 7.00. The summed E-state index contributed by atoms with van der Waals surface area (Å²) < 4.78 is 42.9. The summed E-state index contributed by atoms with van der Waals surface area (Å²) in [6.07, 6.45) is 5.59. The Labute approximate surface area is 205 Å². The lowest BCUT2D eigenvalue weighted by Crippen LogP contribution is -2.29. The molecule has 0 unspecified atom stereocenters. The summed E-state index contributed by atoms with van der Waals surface area (Å²) in [6.45, 7) is 3.45. The van der Waals surface area contributed by atoms with Gasteiger partial charge in [0.05, 0.1) is 17.9 Å². The molecule has 0 bridgehead atoms. The molecule has 7 nitrogen and oxygen atoms in total. The maximum atomic E-state index is 14.4. The molecule has 1 saturated carbocycles. The lowest BCUT2D eigenvalue weighted by molar-refractivity contribution is 0.144. The molecule has 5 rings (SSSR count). The topological polar surface area (TPSA) is 86.5 Å². The van der Waals surface area contributed by atoms with Gasteiger partial charge in [-0.25, -0.2) is 18.7 Å². The molecule has 0 radical (unpaired) electrons. The molecule has 1 fully saturated rings. The molecule has 36 heavy (non-hydrogen) atoms. The highest BCUT2D eigenvalue weighted by atomic mass is 19.3. The van der Waals surface area contributed by atoms with E-state index in [-0.39, 0.29) is 29.6 Å². The van der Waals surface area contributed by atoms with Crippen molar-refractivity contribution in [3.63, 3.8) is 0 Å². The van der Waals surface area contributed by atoms with E-state index in [2.05, 4.69) is 24.9 Å². The first-order valence-electron chi connectivity index (χ1n) is 11.9. The first-order chi connectivity index (χ1) is 17.3.